The SMILES string of the molecule is O=C(c1cccc(-c2noc(CNS(=O)(=O)c3ccc(F)cc3)n2)c1)N1CCCCC1. The summed E-state index contributed by atoms with van der Waals surface area (Å²) < 4.78 is 45.1. The van der Waals surface area contributed by atoms with Crippen molar-refractivity contribution in [1.82, 2.24) is 19.8 Å². The molecule has 10 heteroatoms. The van der Waals surface area contributed by atoms with Crippen molar-refractivity contribution in [3.8, 4) is 11.4 Å². The molecule has 1 aliphatic heterocycles. The van der Waals surface area contributed by atoms with E-state index >= 15 is 0 Å². The molecule has 0 saturated carbocycles. The number of nitrogens with zero attached hydrogens (tertiary/aromatic N) is 3. The Bertz CT molecular complexity index is 1170. The van der Waals surface area contributed by atoms with Gasteiger partial charge in [0.25, 0.3) is 5.91 Å². The number of aromatic nitrogens is 2. The number of rotatable bonds is 6. The number of benzene rings is 2. The van der Waals surface area contributed by atoms with Crippen LogP contribution in [-0.2, 0) is 16.6 Å². The van der Waals surface area contributed by atoms with Crippen LogP contribution < -0.4 is 4.72 Å². The Morgan fingerprint density at radius 3 is 2.58 bits per heavy atom. The van der Waals surface area contributed by atoms with Crippen molar-refractivity contribution in [3.63, 3.8) is 0 Å². The van der Waals surface area contributed by atoms with Crippen LogP contribution >= 0.6 is 0 Å². The third-order valence-corrected chi connectivity index (χ3v) is 6.43. The van der Waals surface area contributed by atoms with Crippen molar-refractivity contribution >= 4 is 15.9 Å². The predicted octanol–water partition coefficient (Wildman–Crippen LogP) is 2.98. The molecule has 1 amide bonds. The number of halogens is 1. The Labute approximate surface area is 179 Å². The zero-order valence-corrected chi connectivity index (χ0v) is 17.4. The van der Waals surface area contributed by atoms with Gasteiger partial charge in [0.1, 0.15) is 5.82 Å². The van der Waals surface area contributed by atoms with E-state index in [9.17, 15) is 17.6 Å². The summed E-state index contributed by atoms with van der Waals surface area (Å²) in [5, 5.41) is 3.89. The molecule has 2 aromatic carbocycles. The van der Waals surface area contributed by atoms with Gasteiger partial charge in [-0.15, -0.1) is 0 Å². The van der Waals surface area contributed by atoms with Gasteiger partial charge in [0.05, 0.1) is 11.4 Å². The average Bonchev–Trinajstić information content (AvgIpc) is 3.28. The molecule has 0 aliphatic carbocycles. The van der Waals surface area contributed by atoms with Crippen LogP contribution in [0.25, 0.3) is 11.4 Å². The first-order valence-electron chi connectivity index (χ1n) is 9.90. The number of hydrogen-bond donors (Lipinski definition) is 1. The molecule has 1 aliphatic rings. The lowest BCUT2D eigenvalue weighted by atomic mass is 10.1. The highest BCUT2D eigenvalue weighted by atomic mass is 32.2. The summed E-state index contributed by atoms with van der Waals surface area (Å²) >= 11 is 0. The lowest BCUT2D eigenvalue weighted by Crippen LogP contribution is -2.35. The van der Waals surface area contributed by atoms with Crippen LogP contribution in [0.1, 0.15) is 35.5 Å². The molecule has 0 atom stereocenters. The molecule has 3 aromatic rings. The largest absolute Gasteiger partial charge is 0.339 e. The normalized spacial score (nSPS) is 14.5. The Hall–Kier alpha value is -3.11. The zero-order chi connectivity index (χ0) is 21.8. The lowest BCUT2D eigenvalue weighted by Gasteiger charge is -2.26. The van der Waals surface area contributed by atoms with E-state index in [1.165, 1.54) is 12.1 Å². The van der Waals surface area contributed by atoms with E-state index < -0.39 is 15.8 Å². The van der Waals surface area contributed by atoms with E-state index in [1.807, 2.05) is 4.90 Å². The minimum atomic E-state index is -3.86. The van der Waals surface area contributed by atoms with Gasteiger partial charge in [-0.1, -0.05) is 17.3 Å². The van der Waals surface area contributed by atoms with Crippen molar-refractivity contribution < 1.29 is 22.1 Å². The highest BCUT2D eigenvalue weighted by Crippen LogP contribution is 2.20. The number of sulfonamides is 1. The van der Waals surface area contributed by atoms with E-state index in [0.717, 1.165) is 44.5 Å². The molecule has 0 radical (unpaired) electrons. The molecule has 1 N–H and O–H groups in total. The molecule has 1 saturated heterocycles. The molecule has 162 valence electrons. The van der Waals surface area contributed by atoms with E-state index in [-0.39, 0.29) is 29.1 Å². The van der Waals surface area contributed by atoms with Crippen LogP contribution in [0.15, 0.2) is 57.9 Å². The van der Waals surface area contributed by atoms with Gasteiger partial charge in [0.2, 0.25) is 21.7 Å². The molecule has 8 nitrogen and oxygen atoms in total. The summed E-state index contributed by atoms with van der Waals surface area (Å²) in [5.74, 6) is -0.239. The second-order valence-electron chi connectivity index (χ2n) is 7.22. The summed E-state index contributed by atoms with van der Waals surface area (Å²) in [6.07, 6.45) is 3.15. The van der Waals surface area contributed by atoms with Crippen molar-refractivity contribution in [2.24, 2.45) is 0 Å². The first-order valence-corrected chi connectivity index (χ1v) is 11.4. The number of carbonyl (C=O) groups is 1. The summed E-state index contributed by atoms with van der Waals surface area (Å²) in [5.41, 5.74) is 1.14. The summed E-state index contributed by atoms with van der Waals surface area (Å²) in [6, 6.07) is 11.4. The Balaban J connectivity index is 1.45. The van der Waals surface area contributed by atoms with Gasteiger partial charge in [-0.05, 0) is 55.7 Å². The summed E-state index contributed by atoms with van der Waals surface area (Å²) in [4.78, 5) is 18.7. The third kappa shape index (κ3) is 4.97. The number of nitrogens with one attached hydrogen (secondary N) is 1. The summed E-state index contributed by atoms with van der Waals surface area (Å²) in [6.45, 7) is 1.28. The molecule has 0 bridgehead atoms. The van der Waals surface area contributed by atoms with Crippen LogP contribution in [0, 0.1) is 5.82 Å². The van der Waals surface area contributed by atoms with Crippen molar-refractivity contribution in [2.45, 2.75) is 30.7 Å². The number of piperidine rings is 1. The van der Waals surface area contributed by atoms with Gasteiger partial charge in [-0.25, -0.2) is 17.5 Å². The van der Waals surface area contributed by atoms with E-state index in [1.54, 1.807) is 24.3 Å². The van der Waals surface area contributed by atoms with Crippen LogP contribution in [0.3, 0.4) is 0 Å². The third-order valence-electron chi connectivity index (χ3n) is 5.02. The first kappa shape index (κ1) is 21.1. The Morgan fingerprint density at radius 1 is 1.10 bits per heavy atom. The maximum Gasteiger partial charge on any atom is 0.253 e. The van der Waals surface area contributed by atoms with Gasteiger partial charge >= 0.3 is 0 Å². The van der Waals surface area contributed by atoms with Gasteiger partial charge < -0.3 is 9.42 Å². The Kier molecular flexibility index (Phi) is 6.10. The van der Waals surface area contributed by atoms with Crippen LogP contribution in [0.2, 0.25) is 0 Å². The predicted molar refractivity (Wildman–Crippen MR) is 110 cm³/mol. The molecular formula is C21H21FN4O4S. The molecule has 2 heterocycles. The minimum absolute atomic E-state index is 0.0303. The number of hydrogen-bond acceptors (Lipinski definition) is 6. The monoisotopic (exact) mass is 444 g/mol. The second kappa shape index (κ2) is 8.94. The van der Waals surface area contributed by atoms with Gasteiger partial charge in [0.15, 0.2) is 0 Å². The van der Waals surface area contributed by atoms with Gasteiger partial charge in [-0.2, -0.15) is 4.98 Å². The quantitative estimate of drug-likeness (QED) is 0.627. The zero-order valence-electron chi connectivity index (χ0n) is 16.6. The average molecular weight is 444 g/mol. The fourth-order valence-corrected chi connectivity index (χ4v) is 4.34. The molecule has 4 rings (SSSR count). The lowest BCUT2D eigenvalue weighted by molar-refractivity contribution is 0.0724. The van der Waals surface area contributed by atoms with E-state index in [2.05, 4.69) is 14.9 Å². The minimum Gasteiger partial charge on any atom is -0.339 e. The maximum atomic E-state index is 13.0. The van der Waals surface area contributed by atoms with Crippen LogP contribution in [0.5, 0.6) is 0 Å². The first-order chi connectivity index (χ1) is 14.9. The molecule has 1 fully saturated rings. The maximum absolute atomic E-state index is 13.0. The molecule has 1 aromatic heterocycles. The van der Waals surface area contributed by atoms with Gasteiger partial charge in [-0.3, -0.25) is 4.79 Å². The number of likely N-dealkylation sites (tertiary alicyclic amines) is 1. The fourth-order valence-electron chi connectivity index (χ4n) is 3.37. The topological polar surface area (TPSA) is 105 Å². The second-order valence-corrected chi connectivity index (χ2v) is 8.99. The molecular weight excluding hydrogens is 423 g/mol. The van der Waals surface area contributed by atoms with Gasteiger partial charge in [0, 0.05) is 24.2 Å². The fraction of sp³-hybridized carbons (Fsp3) is 0.286. The van der Waals surface area contributed by atoms with E-state index in [4.69, 9.17) is 4.52 Å². The molecule has 0 spiro atoms. The summed E-state index contributed by atoms with van der Waals surface area (Å²) in [7, 11) is -3.86. The van der Waals surface area contributed by atoms with E-state index in [0.29, 0.717) is 11.1 Å². The molecule has 0 unspecified atom stereocenters. The smallest absolute Gasteiger partial charge is 0.253 e. The van der Waals surface area contributed by atoms with Crippen LogP contribution in [0.4, 0.5) is 4.39 Å². The number of amides is 1. The highest BCUT2D eigenvalue weighted by molar-refractivity contribution is 7.89. The standard InChI is InChI=1S/C21H21FN4O4S/c22-17-7-9-18(10-8-17)31(28,29)23-14-19-24-20(25-30-19)15-5-4-6-16(13-15)21(27)26-11-2-1-3-12-26/h4-10,13,23H,1-3,11-12,14H2. The van der Waals surface area contributed by atoms with Crippen molar-refractivity contribution in [1.29, 1.82) is 0 Å². The van der Waals surface area contributed by atoms with Crippen molar-refractivity contribution in [3.05, 3.63) is 65.8 Å². The van der Waals surface area contributed by atoms with Crippen molar-refractivity contribution in [2.75, 3.05) is 13.1 Å². The van der Waals surface area contributed by atoms with Crippen LogP contribution in [-0.4, -0.2) is 42.5 Å². The molecule has 31 heavy (non-hydrogen) atoms. The highest BCUT2D eigenvalue weighted by Gasteiger charge is 2.20. The number of carbonyl (C=O) groups excluding carboxylic acids is 1. The Morgan fingerprint density at radius 2 is 1.84 bits per heavy atom.